The maximum atomic E-state index is 12.9. The van der Waals surface area contributed by atoms with Gasteiger partial charge in [0.15, 0.2) is 5.16 Å². The minimum atomic E-state index is -3.81. The van der Waals surface area contributed by atoms with E-state index in [1.807, 2.05) is 11.5 Å². The topological polar surface area (TPSA) is 107 Å². The number of aryl methyl sites for hydroxylation is 1. The summed E-state index contributed by atoms with van der Waals surface area (Å²) >= 11 is 1.26. The first-order valence-corrected chi connectivity index (χ1v) is 11.0. The van der Waals surface area contributed by atoms with E-state index in [-0.39, 0.29) is 22.4 Å². The first kappa shape index (κ1) is 20.3. The molecule has 1 amide bonds. The van der Waals surface area contributed by atoms with E-state index in [0.29, 0.717) is 23.8 Å². The number of imidazole rings is 1. The van der Waals surface area contributed by atoms with Crippen LogP contribution in [-0.4, -0.2) is 29.6 Å². The van der Waals surface area contributed by atoms with E-state index < -0.39 is 10.0 Å². The van der Waals surface area contributed by atoms with Crippen molar-refractivity contribution in [3.63, 3.8) is 0 Å². The summed E-state index contributed by atoms with van der Waals surface area (Å²) in [5, 5.41) is 8.56. The van der Waals surface area contributed by atoms with E-state index >= 15 is 0 Å². The van der Waals surface area contributed by atoms with Crippen LogP contribution in [0.25, 0.3) is 11.0 Å². The fourth-order valence-corrected chi connectivity index (χ4v) is 4.11. The van der Waals surface area contributed by atoms with Crippen LogP contribution in [0, 0.1) is 5.82 Å². The highest BCUT2D eigenvalue weighted by atomic mass is 32.2. The molecule has 0 bridgehead atoms. The van der Waals surface area contributed by atoms with Gasteiger partial charge in [0.05, 0.1) is 21.7 Å². The molecule has 1 aromatic heterocycles. The molecule has 0 fully saturated rings. The van der Waals surface area contributed by atoms with Crippen LogP contribution in [0.1, 0.15) is 12.5 Å². The van der Waals surface area contributed by atoms with Crippen molar-refractivity contribution >= 4 is 38.7 Å². The standard InChI is InChI=1S/C18H19FN4O3S2/c1-2-23-16-8-7-14(28(20,25)26)9-15(16)22-18(23)27-11-17(24)21-10-12-3-5-13(19)6-4-12/h3-9H,2,10-11H2,1H3,(H,21,24)(H2,20,25,26). The molecule has 10 heteroatoms. The molecule has 0 spiro atoms. The van der Waals surface area contributed by atoms with E-state index in [1.165, 1.54) is 36.0 Å². The zero-order chi connectivity index (χ0) is 20.3. The number of aromatic nitrogens is 2. The van der Waals surface area contributed by atoms with Crippen LogP contribution in [-0.2, 0) is 27.9 Å². The van der Waals surface area contributed by atoms with E-state index in [2.05, 4.69) is 10.3 Å². The number of rotatable bonds is 7. The second kappa shape index (κ2) is 8.29. The molecule has 28 heavy (non-hydrogen) atoms. The van der Waals surface area contributed by atoms with Gasteiger partial charge in [-0.1, -0.05) is 23.9 Å². The van der Waals surface area contributed by atoms with Gasteiger partial charge >= 0.3 is 0 Å². The Balaban J connectivity index is 1.69. The Hall–Kier alpha value is -2.43. The molecular formula is C18H19FN4O3S2. The van der Waals surface area contributed by atoms with Crippen molar-refractivity contribution in [2.24, 2.45) is 5.14 Å². The lowest BCUT2D eigenvalue weighted by molar-refractivity contribution is -0.118. The maximum Gasteiger partial charge on any atom is 0.238 e. The molecule has 0 atom stereocenters. The number of halogens is 1. The fraction of sp³-hybridized carbons (Fsp3) is 0.222. The number of carbonyl (C=O) groups excluding carboxylic acids is 1. The van der Waals surface area contributed by atoms with Gasteiger partial charge < -0.3 is 9.88 Å². The van der Waals surface area contributed by atoms with Crippen LogP contribution in [0.15, 0.2) is 52.5 Å². The normalized spacial score (nSPS) is 11.7. The highest BCUT2D eigenvalue weighted by molar-refractivity contribution is 7.99. The smallest absolute Gasteiger partial charge is 0.238 e. The first-order chi connectivity index (χ1) is 13.3. The Kier molecular flexibility index (Phi) is 6.01. The molecule has 3 aromatic rings. The van der Waals surface area contributed by atoms with Gasteiger partial charge in [0.25, 0.3) is 0 Å². The summed E-state index contributed by atoms with van der Waals surface area (Å²) in [6.45, 7) is 2.86. The fourth-order valence-electron chi connectivity index (χ4n) is 2.66. The van der Waals surface area contributed by atoms with Crippen LogP contribution >= 0.6 is 11.8 Å². The molecule has 0 aliphatic carbocycles. The Morgan fingerprint density at radius 3 is 2.61 bits per heavy atom. The van der Waals surface area contributed by atoms with Crippen LogP contribution in [0.4, 0.5) is 4.39 Å². The maximum absolute atomic E-state index is 12.9. The molecule has 0 unspecified atom stereocenters. The van der Waals surface area contributed by atoms with E-state index in [4.69, 9.17) is 5.14 Å². The predicted octanol–water partition coefficient (Wildman–Crippen LogP) is 2.25. The van der Waals surface area contributed by atoms with Crippen molar-refractivity contribution in [3.05, 3.63) is 53.8 Å². The van der Waals surface area contributed by atoms with Crippen molar-refractivity contribution in [2.45, 2.75) is 30.1 Å². The van der Waals surface area contributed by atoms with Crippen LogP contribution < -0.4 is 10.5 Å². The number of thioether (sulfide) groups is 1. The molecule has 0 saturated heterocycles. The van der Waals surface area contributed by atoms with Gasteiger partial charge in [-0.2, -0.15) is 0 Å². The molecule has 3 rings (SSSR count). The summed E-state index contributed by atoms with van der Waals surface area (Å²) in [6.07, 6.45) is 0. The summed E-state index contributed by atoms with van der Waals surface area (Å²) in [6, 6.07) is 10.4. The van der Waals surface area contributed by atoms with Crippen molar-refractivity contribution < 1.29 is 17.6 Å². The number of hydrogen-bond donors (Lipinski definition) is 2. The van der Waals surface area contributed by atoms with Gasteiger partial charge in [-0.25, -0.2) is 22.9 Å². The van der Waals surface area contributed by atoms with Gasteiger partial charge in [-0.05, 0) is 42.8 Å². The Labute approximate surface area is 166 Å². The van der Waals surface area contributed by atoms with E-state index in [0.717, 1.165) is 11.1 Å². The average molecular weight is 423 g/mol. The monoisotopic (exact) mass is 422 g/mol. The summed E-state index contributed by atoms with van der Waals surface area (Å²) in [7, 11) is -3.81. The lowest BCUT2D eigenvalue weighted by Crippen LogP contribution is -2.24. The molecule has 0 radical (unpaired) electrons. The highest BCUT2D eigenvalue weighted by Crippen LogP contribution is 2.25. The number of hydrogen-bond acceptors (Lipinski definition) is 5. The van der Waals surface area contributed by atoms with Crippen molar-refractivity contribution in [1.82, 2.24) is 14.9 Å². The molecule has 0 aliphatic rings. The SMILES string of the molecule is CCn1c(SCC(=O)NCc2ccc(F)cc2)nc2cc(S(N)(=O)=O)ccc21. The van der Waals surface area contributed by atoms with Gasteiger partial charge in [0.2, 0.25) is 15.9 Å². The molecule has 0 saturated carbocycles. The number of nitrogens with one attached hydrogen (secondary N) is 1. The minimum Gasteiger partial charge on any atom is -0.351 e. The lowest BCUT2D eigenvalue weighted by Gasteiger charge is -2.07. The molecule has 2 aromatic carbocycles. The summed E-state index contributed by atoms with van der Waals surface area (Å²) in [5.74, 6) is -0.365. The molecule has 148 valence electrons. The number of sulfonamides is 1. The third-order valence-corrected chi connectivity index (χ3v) is 5.95. The molecule has 1 heterocycles. The van der Waals surface area contributed by atoms with Crippen molar-refractivity contribution in [3.8, 4) is 0 Å². The van der Waals surface area contributed by atoms with Crippen molar-refractivity contribution in [2.75, 3.05) is 5.75 Å². The number of nitrogens with zero attached hydrogens (tertiary/aromatic N) is 2. The Morgan fingerprint density at radius 2 is 1.96 bits per heavy atom. The number of primary sulfonamides is 1. The summed E-state index contributed by atoms with van der Waals surface area (Å²) in [4.78, 5) is 16.6. The number of fused-ring (bicyclic) bond motifs is 1. The van der Waals surface area contributed by atoms with Gasteiger partial charge in [-0.3, -0.25) is 4.79 Å². The highest BCUT2D eigenvalue weighted by Gasteiger charge is 2.15. The predicted molar refractivity (Wildman–Crippen MR) is 106 cm³/mol. The summed E-state index contributed by atoms with van der Waals surface area (Å²) in [5.41, 5.74) is 2.07. The van der Waals surface area contributed by atoms with Crippen molar-refractivity contribution in [1.29, 1.82) is 0 Å². The minimum absolute atomic E-state index is 0.00524. The van der Waals surface area contributed by atoms with Gasteiger partial charge in [0.1, 0.15) is 5.82 Å². The number of amides is 1. The van der Waals surface area contributed by atoms with Gasteiger partial charge in [-0.15, -0.1) is 0 Å². The number of carbonyl (C=O) groups is 1. The Bertz CT molecular complexity index is 1110. The quantitative estimate of drug-likeness (QED) is 0.568. The second-order valence-electron chi connectivity index (χ2n) is 6.03. The van der Waals surface area contributed by atoms with Crippen LogP contribution in [0.3, 0.4) is 0 Å². The molecule has 0 aliphatic heterocycles. The molecular weight excluding hydrogens is 403 g/mol. The van der Waals surface area contributed by atoms with E-state index in [9.17, 15) is 17.6 Å². The third-order valence-electron chi connectivity index (χ3n) is 4.06. The first-order valence-electron chi connectivity index (χ1n) is 8.45. The largest absolute Gasteiger partial charge is 0.351 e. The zero-order valence-electron chi connectivity index (χ0n) is 15.1. The number of benzene rings is 2. The number of nitrogens with two attached hydrogens (primary N) is 1. The molecule has 3 N–H and O–H groups in total. The van der Waals surface area contributed by atoms with E-state index in [1.54, 1.807) is 18.2 Å². The third kappa shape index (κ3) is 4.70. The lowest BCUT2D eigenvalue weighted by atomic mass is 10.2. The van der Waals surface area contributed by atoms with Crippen LogP contribution in [0.2, 0.25) is 0 Å². The van der Waals surface area contributed by atoms with Crippen LogP contribution in [0.5, 0.6) is 0 Å². The van der Waals surface area contributed by atoms with Gasteiger partial charge in [0, 0.05) is 13.1 Å². The Morgan fingerprint density at radius 1 is 1.25 bits per heavy atom. The average Bonchev–Trinajstić information content (AvgIpc) is 3.01. The molecule has 7 nitrogen and oxygen atoms in total. The zero-order valence-corrected chi connectivity index (χ0v) is 16.7. The summed E-state index contributed by atoms with van der Waals surface area (Å²) < 4.78 is 37.9. The second-order valence-corrected chi connectivity index (χ2v) is 8.53.